The Bertz CT molecular complexity index is 382. The van der Waals surface area contributed by atoms with E-state index in [-0.39, 0.29) is 11.8 Å². The van der Waals surface area contributed by atoms with Crippen molar-refractivity contribution >= 4 is 17.5 Å². The van der Waals surface area contributed by atoms with E-state index in [2.05, 4.69) is 15.7 Å². The number of pyridine rings is 1. The molecule has 17 heavy (non-hydrogen) atoms. The lowest BCUT2D eigenvalue weighted by atomic mass is 10.1. The van der Waals surface area contributed by atoms with Crippen molar-refractivity contribution in [2.75, 3.05) is 31.0 Å². The van der Waals surface area contributed by atoms with Gasteiger partial charge >= 0.3 is 0 Å². The van der Waals surface area contributed by atoms with Crippen LogP contribution in [-0.2, 0) is 4.79 Å². The molecule has 6 nitrogen and oxygen atoms in total. The van der Waals surface area contributed by atoms with Gasteiger partial charge in [-0.15, -0.1) is 0 Å². The van der Waals surface area contributed by atoms with Crippen molar-refractivity contribution in [2.24, 2.45) is 11.8 Å². The normalized spacial score (nSPS) is 11.8. The predicted octanol–water partition coefficient (Wildman–Crippen LogP) is 0.186. The fraction of sp³-hybridized carbons (Fsp3) is 0.455. The van der Waals surface area contributed by atoms with Gasteiger partial charge in [0.15, 0.2) is 0 Å². The van der Waals surface area contributed by atoms with Gasteiger partial charge in [0.1, 0.15) is 11.6 Å². The molecule has 1 amide bonds. The lowest BCUT2D eigenvalue weighted by molar-refractivity contribution is -0.123. The Hall–Kier alpha value is -1.82. The molecule has 0 aliphatic rings. The molecule has 0 fully saturated rings. The second-order valence-corrected chi connectivity index (χ2v) is 3.92. The van der Waals surface area contributed by atoms with Crippen molar-refractivity contribution < 1.29 is 4.79 Å². The number of nitrogens with two attached hydrogens (primary N) is 1. The summed E-state index contributed by atoms with van der Waals surface area (Å²) in [6, 6.07) is 5.51. The maximum absolute atomic E-state index is 11.4. The Morgan fingerprint density at radius 2 is 2.29 bits per heavy atom. The summed E-state index contributed by atoms with van der Waals surface area (Å²) in [5.41, 5.74) is 2.49. The first-order valence-corrected chi connectivity index (χ1v) is 5.45. The number of hydrogen-bond acceptors (Lipinski definition) is 5. The summed E-state index contributed by atoms with van der Waals surface area (Å²) in [7, 11) is 3.53. The quantitative estimate of drug-likeness (QED) is 0.503. The van der Waals surface area contributed by atoms with Crippen LogP contribution in [0.15, 0.2) is 18.2 Å². The molecular formula is C11H19N5O. The first-order valence-electron chi connectivity index (χ1n) is 5.45. The zero-order chi connectivity index (χ0) is 12.8. The first-order chi connectivity index (χ1) is 8.08. The van der Waals surface area contributed by atoms with Crippen LogP contribution in [0.1, 0.15) is 6.92 Å². The van der Waals surface area contributed by atoms with Crippen LogP contribution in [0.5, 0.6) is 0 Å². The van der Waals surface area contributed by atoms with Gasteiger partial charge in [-0.05, 0) is 12.1 Å². The second-order valence-electron chi connectivity index (χ2n) is 3.92. The van der Waals surface area contributed by atoms with E-state index in [1.54, 1.807) is 13.1 Å². The SMILES string of the molecule is CNC(=O)C(C)CN(C)c1cccc(NN)n1. The molecule has 94 valence electrons. The minimum atomic E-state index is -0.0960. The highest BCUT2D eigenvalue weighted by atomic mass is 16.1. The molecular weight excluding hydrogens is 218 g/mol. The van der Waals surface area contributed by atoms with Gasteiger partial charge in [-0.25, -0.2) is 10.8 Å². The summed E-state index contributed by atoms with van der Waals surface area (Å²) in [4.78, 5) is 17.6. The van der Waals surface area contributed by atoms with Crippen LogP contribution in [0, 0.1) is 5.92 Å². The van der Waals surface area contributed by atoms with Gasteiger partial charge in [0, 0.05) is 20.6 Å². The molecule has 1 aromatic heterocycles. The van der Waals surface area contributed by atoms with Gasteiger partial charge in [-0.2, -0.15) is 0 Å². The van der Waals surface area contributed by atoms with Crippen LogP contribution in [-0.4, -0.2) is 31.5 Å². The molecule has 1 atom stereocenters. The molecule has 1 unspecified atom stereocenters. The number of hydrogen-bond donors (Lipinski definition) is 3. The van der Waals surface area contributed by atoms with Crippen molar-refractivity contribution in [3.8, 4) is 0 Å². The standard InChI is InChI=1S/C11H19N5O/c1-8(11(17)13-2)7-16(3)10-6-4-5-9(14-10)15-12/h4-6,8H,7,12H2,1-3H3,(H,13,17)(H,14,15). The predicted molar refractivity (Wildman–Crippen MR) is 68.5 cm³/mol. The fourth-order valence-electron chi connectivity index (χ4n) is 1.55. The van der Waals surface area contributed by atoms with Gasteiger partial charge in [0.25, 0.3) is 0 Å². The van der Waals surface area contributed by atoms with E-state index in [1.165, 1.54) is 0 Å². The maximum atomic E-state index is 11.4. The van der Waals surface area contributed by atoms with E-state index in [9.17, 15) is 4.79 Å². The topological polar surface area (TPSA) is 83.3 Å². The number of hydrazine groups is 1. The van der Waals surface area contributed by atoms with Crippen molar-refractivity contribution in [2.45, 2.75) is 6.92 Å². The zero-order valence-electron chi connectivity index (χ0n) is 10.4. The van der Waals surface area contributed by atoms with Crippen LogP contribution < -0.4 is 21.5 Å². The lowest BCUT2D eigenvalue weighted by Crippen LogP contribution is -2.34. The minimum Gasteiger partial charge on any atom is -0.359 e. The van der Waals surface area contributed by atoms with Crippen LogP contribution >= 0.6 is 0 Å². The largest absolute Gasteiger partial charge is 0.359 e. The number of carbonyl (C=O) groups excluding carboxylic acids is 1. The Morgan fingerprint density at radius 1 is 1.59 bits per heavy atom. The Morgan fingerprint density at radius 3 is 2.88 bits per heavy atom. The van der Waals surface area contributed by atoms with E-state index in [0.29, 0.717) is 12.4 Å². The molecule has 0 radical (unpaired) electrons. The highest BCUT2D eigenvalue weighted by Crippen LogP contribution is 2.13. The number of aromatic nitrogens is 1. The number of anilines is 2. The highest BCUT2D eigenvalue weighted by molar-refractivity contribution is 5.78. The average Bonchev–Trinajstić information content (AvgIpc) is 2.37. The zero-order valence-corrected chi connectivity index (χ0v) is 10.4. The molecule has 0 bridgehead atoms. The number of nitrogens with zero attached hydrogens (tertiary/aromatic N) is 2. The van der Waals surface area contributed by atoms with E-state index < -0.39 is 0 Å². The number of rotatable bonds is 5. The van der Waals surface area contributed by atoms with Crippen molar-refractivity contribution in [3.05, 3.63) is 18.2 Å². The van der Waals surface area contributed by atoms with E-state index >= 15 is 0 Å². The van der Waals surface area contributed by atoms with Crippen LogP contribution in [0.2, 0.25) is 0 Å². The van der Waals surface area contributed by atoms with Crippen LogP contribution in [0.3, 0.4) is 0 Å². The lowest BCUT2D eigenvalue weighted by Gasteiger charge is -2.21. The first kappa shape index (κ1) is 13.2. The van der Waals surface area contributed by atoms with Crippen LogP contribution in [0.25, 0.3) is 0 Å². The van der Waals surface area contributed by atoms with Crippen molar-refractivity contribution in [1.82, 2.24) is 10.3 Å². The number of carbonyl (C=O) groups is 1. The van der Waals surface area contributed by atoms with Crippen molar-refractivity contribution in [3.63, 3.8) is 0 Å². The third-order valence-electron chi connectivity index (χ3n) is 2.52. The average molecular weight is 237 g/mol. The molecule has 0 aliphatic carbocycles. The summed E-state index contributed by atoms with van der Waals surface area (Å²) in [6.07, 6.45) is 0. The highest BCUT2D eigenvalue weighted by Gasteiger charge is 2.14. The fourth-order valence-corrected chi connectivity index (χ4v) is 1.55. The minimum absolute atomic E-state index is 0.0185. The monoisotopic (exact) mass is 237 g/mol. The number of nitrogens with one attached hydrogen (secondary N) is 2. The van der Waals surface area contributed by atoms with Gasteiger partial charge < -0.3 is 15.6 Å². The molecule has 1 heterocycles. The maximum Gasteiger partial charge on any atom is 0.224 e. The molecule has 0 spiro atoms. The third-order valence-corrected chi connectivity index (χ3v) is 2.52. The smallest absolute Gasteiger partial charge is 0.224 e. The molecule has 4 N–H and O–H groups in total. The molecule has 0 aliphatic heterocycles. The summed E-state index contributed by atoms with van der Waals surface area (Å²) in [6.45, 7) is 2.47. The molecule has 0 aromatic carbocycles. The van der Waals surface area contributed by atoms with E-state index in [1.807, 2.05) is 31.0 Å². The van der Waals surface area contributed by atoms with E-state index in [4.69, 9.17) is 5.84 Å². The Kier molecular flexibility index (Phi) is 4.71. The molecule has 0 saturated carbocycles. The third kappa shape index (κ3) is 3.60. The summed E-state index contributed by atoms with van der Waals surface area (Å²) in [5.74, 6) is 6.59. The summed E-state index contributed by atoms with van der Waals surface area (Å²) >= 11 is 0. The number of nitrogen functional groups attached to an aromatic ring is 1. The Balaban J connectivity index is 2.68. The van der Waals surface area contributed by atoms with Crippen molar-refractivity contribution in [1.29, 1.82) is 0 Å². The molecule has 1 aromatic rings. The number of amides is 1. The van der Waals surface area contributed by atoms with E-state index in [0.717, 1.165) is 5.82 Å². The van der Waals surface area contributed by atoms with Gasteiger partial charge in [-0.3, -0.25) is 4.79 Å². The molecule has 1 rings (SSSR count). The summed E-state index contributed by atoms with van der Waals surface area (Å²) < 4.78 is 0. The second kappa shape index (κ2) is 6.05. The van der Waals surface area contributed by atoms with Gasteiger partial charge in [0.05, 0.1) is 5.92 Å². The molecule has 6 heteroatoms. The van der Waals surface area contributed by atoms with Crippen LogP contribution in [0.4, 0.5) is 11.6 Å². The summed E-state index contributed by atoms with van der Waals surface area (Å²) in [5, 5.41) is 2.63. The van der Waals surface area contributed by atoms with Gasteiger partial charge in [-0.1, -0.05) is 13.0 Å². The Labute approximate surface area is 101 Å². The molecule has 0 saturated heterocycles. The van der Waals surface area contributed by atoms with Gasteiger partial charge in [0.2, 0.25) is 5.91 Å².